The number of ether oxygens (including phenoxy) is 4. The zero-order chi connectivity index (χ0) is 39.8. The van der Waals surface area contributed by atoms with Gasteiger partial charge in [-0.2, -0.15) is 0 Å². The minimum Gasteiger partial charge on any atom is -0.444 e. The van der Waals surface area contributed by atoms with Crippen LogP contribution < -0.4 is 16.8 Å². The predicted octanol–water partition coefficient (Wildman–Crippen LogP) is 9.01. The van der Waals surface area contributed by atoms with E-state index in [0.29, 0.717) is 18.8 Å². The van der Waals surface area contributed by atoms with Crippen LogP contribution in [-0.4, -0.2) is 50.1 Å². The highest BCUT2D eigenvalue weighted by atomic mass is 127. The molecule has 0 atom stereocenters. The van der Waals surface area contributed by atoms with E-state index >= 15 is 0 Å². The number of nitrogen functional groups attached to an aromatic ring is 2. The van der Waals surface area contributed by atoms with Crippen molar-refractivity contribution in [1.82, 2.24) is 20.2 Å². The number of rotatable bonds is 2. The van der Waals surface area contributed by atoms with Gasteiger partial charge in [-0.1, -0.05) is 60.7 Å². The Morgan fingerprint density at radius 2 is 1.05 bits per heavy atom. The monoisotopic (exact) mass is 868 g/mol. The molecule has 0 aliphatic carbocycles. The Labute approximate surface area is 340 Å². The molecule has 2 aliphatic rings. The minimum absolute atomic E-state index is 0. The summed E-state index contributed by atoms with van der Waals surface area (Å²) in [7, 11) is 0. The Morgan fingerprint density at radius 3 is 1.51 bits per heavy atom. The maximum absolute atomic E-state index is 12.2. The van der Waals surface area contributed by atoms with Gasteiger partial charge < -0.3 is 35.7 Å². The molecule has 0 saturated heterocycles. The van der Waals surface area contributed by atoms with E-state index in [9.17, 15) is 14.4 Å². The van der Waals surface area contributed by atoms with Gasteiger partial charge in [-0.25, -0.2) is 24.4 Å². The number of fused-ring (bicyclic) bond motifs is 2. The standard InChI is InChI=1S/C18H21N3O2.C13H13N3.C10H18O5.HI/c1-18(2,3)23-17(22)21-10-13-9-14(19)16(20-15(13)11-21)12-7-5-4-6-8-12;14-11-6-10-7-15-8-12(10)16-13(11)9-4-2-1-3-5-9;1-9(2,3)14-7(11)13-8(12)15-10(4,5)6;/h4-9H,10-11,19H2,1-3H3;1-6,15H,7-8,14H2;1-6H3;1H. The van der Waals surface area contributed by atoms with Crippen molar-refractivity contribution in [2.75, 3.05) is 11.5 Å². The number of aromatic nitrogens is 2. The maximum Gasteiger partial charge on any atom is 0.519 e. The summed E-state index contributed by atoms with van der Waals surface area (Å²) in [4.78, 5) is 45.2. The molecule has 0 bridgehead atoms. The second-order valence-corrected chi connectivity index (χ2v) is 15.8. The minimum atomic E-state index is -1.06. The van der Waals surface area contributed by atoms with Gasteiger partial charge in [0.15, 0.2) is 0 Å². The van der Waals surface area contributed by atoms with Crippen LogP contribution in [0.4, 0.5) is 25.8 Å². The first-order valence-electron chi connectivity index (χ1n) is 17.7. The van der Waals surface area contributed by atoms with E-state index in [-0.39, 0.29) is 30.1 Å². The second kappa shape index (κ2) is 18.6. The number of nitrogens with one attached hydrogen (secondary N) is 1. The average molecular weight is 869 g/mol. The van der Waals surface area contributed by atoms with Crippen molar-refractivity contribution in [3.8, 4) is 22.5 Å². The van der Waals surface area contributed by atoms with E-state index in [1.165, 1.54) is 5.56 Å². The van der Waals surface area contributed by atoms with E-state index in [1.807, 2.05) is 93.6 Å². The highest BCUT2D eigenvalue weighted by molar-refractivity contribution is 14.0. The molecule has 0 fully saturated rings. The number of carbonyl (C=O) groups excluding carboxylic acids is 3. The molecule has 1 amide bonds. The normalized spacial score (nSPS) is 13.0. The fourth-order valence-corrected chi connectivity index (χ4v) is 5.28. The first kappa shape index (κ1) is 44.4. The Bertz CT molecular complexity index is 1910. The second-order valence-electron chi connectivity index (χ2n) is 15.8. The quantitative estimate of drug-likeness (QED) is 0.0754. The Morgan fingerprint density at radius 1 is 0.618 bits per heavy atom. The first-order valence-corrected chi connectivity index (χ1v) is 17.7. The summed E-state index contributed by atoms with van der Waals surface area (Å²) in [5.41, 5.74) is 19.6. The molecular weight excluding hydrogens is 815 g/mol. The number of halogens is 1. The number of pyridine rings is 2. The van der Waals surface area contributed by atoms with E-state index in [4.69, 9.17) is 25.7 Å². The molecule has 14 heteroatoms. The lowest BCUT2D eigenvalue weighted by atomic mass is 10.1. The molecule has 0 radical (unpaired) electrons. The first-order chi connectivity index (χ1) is 25.2. The highest BCUT2D eigenvalue weighted by Crippen LogP contribution is 2.31. The van der Waals surface area contributed by atoms with Crippen molar-refractivity contribution in [1.29, 1.82) is 0 Å². The topological polar surface area (TPSA) is 181 Å². The Hall–Kier alpha value is -4.96. The van der Waals surface area contributed by atoms with Crippen LogP contribution in [-0.2, 0) is 45.1 Å². The van der Waals surface area contributed by atoms with Gasteiger partial charge in [0.05, 0.1) is 47.2 Å². The van der Waals surface area contributed by atoms with Gasteiger partial charge in [-0.3, -0.25) is 4.90 Å². The smallest absolute Gasteiger partial charge is 0.444 e. The van der Waals surface area contributed by atoms with Crippen LogP contribution in [0.25, 0.3) is 22.5 Å². The summed E-state index contributed by atoms with van der Waals surface area (Å²) < 4.78 is 19.2. The number of nitrogens with two attached hydrogens (primary N) is 2. The molecule has 2 aromatic carbocycles. The number of carbonyl (C=O) groups is 3. The molecule has 2 aliphatic heterocycles. The van der Waals surface area contributed by atoms with Crippen molar-refractivity contribution in [2.45, 2.75) is 105 Å². The van der Waals surface area contributed by atoms with Gasteiger partial charge in [0.25, 0.3) is 0 Å². The Kier molecular flexibility index (Phi) is 15.0. The van der Waals surface area contributed by atoms with Crippen molar-refractivity contribution >= 4 is 53.8 Å². The molecule has 13 nitrogen and oxygen atoms in total. The Balaban J connectivity index is 0.000000227. The van der Waals surface area contributed by atoms with Gasteiger partial charge in [0.1, 0.15) is 16.8 Å². The summed E-state index contributed by atoms with van der Waals surface area (Å²) in [6.45, 7) is 18.2. The van der Waals surface area contributed by atoms with E-state index in [2.05, 4.69) is 20.0 Å². The average Bonchev–Trinajstić information content (AvgIpc) is 3.69. The van der Waals surface area contributed by atoms with Crippen molar-refractivity contribution in [3.05, 3.63) is 95.3 Å². The highest BCUT2D eigenvalue weighted by Gasteiger charge is 2.30. The molecule has 4 aromatic rings. The van der Waals surface area contributed by atoms with E-state index < -0.39 is 29.1 Å². The van der Waals surface area contributed by atoms with Gasteiger partial charge in [-0.05, 0) is 85.6 Å². The molecule has 0 spiro atoms. The zero-order valence-corrected chi connectivity index (χ0v) is 35.3. The summed E-state index contributed by atoms with van der Waals surface area (Å²) in [5.74, 6) is 0. The third-order valence-electron chi connectivity index (χ3n) is 7.44. The molecule has 0 saturated carbocycles. The van der Waals surface area contributed by atoms with Crippen LogP contribution in [0.1, 0.15) is 84.8 Å². The molecule has 4 heterocycles. The van der Waals surface area contributed by atoms with E-state index in [0.717, 1.165) is 58.2 Å². The van der Waals surface area contributed by atoms with E-state index in [1.54, 1.807) is 46.4 Å². The largest absolute Gasteiger partial charge is 0.519 e. The van der Waals surface area contributed by atoms with Gasteiger partial charge in [0.2, 0.25) is 0 Å². The molecule has 296 valence electrons. The fraction of sp³-hybridized carbons (Fsp3) is 0.390. The molecule has 6 rings (SSSR count). The fourth-order valence-electron chi connectivity index (χ4n) is 5.28. The molecule has 5 N–H and O–H groups in total. The molecule has 0 unspecified atom stereocenters. The van der Waals surface area contributed by atoms with Gasteiger partial charge in [0, 0.05) is 24.2 Å². The van der Waals surface area contributed by atoms with Crippen LogP contribution in [0.5, 0.6) is 0 Å². The van der Waals surface area contributed by atoms with Crippen LogP contribution in [0.2, 0.25) is 0 Å². The number of nitrogens with zero attached hydrogens (tertiary/aromatic N) is 3. The number of hydrogen-bond donors (Lipinski definition) is 3. The molecule has 2 aromatic heterocycles. The van der Waals surface area contributed by atoms with Crippen LogP contribution >= 0.6 is 24.0 Å². The number of benzene rings is 2. The van der Waals surface area contributed by atoms with Crippen LogP contribution in [0, 0.1) is 0 Å². The van der Waals surface area contributed by atoms with Crippen molar-refractivity contribution in [2.24, 2.45) is 0 Å². The SMILES string of the molecule is CC(C)(C)OC(=O)N1Cc2cc(N)c(-c3ccccc3)nc2C1.CC(C)(C)OC(=O)OC(=O)OC(C)(C)C.I.Nc1cc2c(nc1-c1ccccc1)CNC2. The number of anilines is 2. The van der Waals surface area contributed by atoms with Crippen LogP contribution in [0.15, 0.2) is 72.8 Å². The third-order valence-corrected chi connectivity index (χ3v) is 7.44. The van der Waals surface area contributed by atoms with Crippen molar-refractivity contribution < 1.29 is 33.3 Å². The molecule has 55 heavy (non-hydrogen) atoms. The van der Waals surface area contributed by atoms with Crippen LogP contribution in [0.3, 0.4) is 0 Å². The third kappa shape index (κ3) is 14.0. The predicted molar refractivity (Wildman–Crippen MR) is 223 cm³/mol. The summed E-state index contributed by atoms with van der Waals surface area (Å²) in [6.07, 6.45) is -2.44. The number of amides is 1. The summed E-state index contributed by atoms with van der Waals surface area (Å²) in [6, 6.07) is 23.8. The molecular formula is C41H53IN6O7. The lowest BCUT2D eigenvalue weighted by Gasteiger charge is -2.23. The summed E-state index contributed by atoms with van der Waals surface area (Å²) >= 11 is 0. The lowest BCUT2D eigenvalue weighted by molar-refractivity contribution is -0.0294. The van der Waals surface area contributed by atoms with Gasteiger partial charge in [-0.15, -0.1) is 24.0 Å². The summed E-state index contributed by atoms with van der Waals surface area (Å²) in [5, 5.41) is 3.28. The van der Waals surface area contributed by atoms with Crippen molar-refractivity contribution in [3.63, 3.8) is 0 Å². The zero-order valence-electron chi connectivity index (χ0n) is 33.0. The number of hydrogen-bond acceptors (Lipinski definition) is 12. The maximum atomic E-state index is 12.2. The lowest BCUT2D eigenvalue weighted by Crippen LogP contribution is -2.33. The van der Waals surface area contributed by atoms with Gasteiger partial charge >= 0.3 is 18.4 Å².